The molecule has 1 aliphatic rings. The van der Waals surface area contributed by atoms with Gasteiger partial charge in [0.1, 0.15) is 5.69 Å². The van der Waals surface area contributed by atoms with Crippen molar-refractivity contribution in [3.05, 3.63) is 18.2 Å². The minimum Gasteiger partial charge on any atom is -0.340 e. The average molecular weight is 245 g/mol. The monoisotopic (exact) mass is 244 g/mol. The van der Waals surface area contributed by atoms with Crippen LogP contribution in [0.15, 0.2) is 12.5 Å². The highest BCUT2D eigenvalue weighted by Gasteiger charge is 2.25. The first kappa shape index (κ1) is 13.0. The van der Waals surface area contributed by atoms with E-state index in [0.29, 0.717) is 5.69 Å². The number of imidazole rings is 1. The molecule has 0 aromatic carbocycles. The van der Waals surface area contributed by atoms with Crippen molar-refractivity contribution in [2.75, 3.05) is 19.6 Å². The number of nitrogens with zero attached hydrogens (tertiary/aromatic N) is 3. The molecular weight excluding hydrogens is 228 g/mol. The first-order valence-electron chi connectivity index (χ1n) is 5.18. The molecule has 0 bridgehead atoms. The molecule has 0 spiro atoms. The SMILES string of the molecule is CC1CNCCN1C(=O)c1cn(C)cn1.Cl. The minimum atomic E-state index is 0. The number of nitrogens with one attached hydrogen (secondary N) is 1. The maximum Gasteiger partial charge on any atom is 0.274 e. The molecule has 1 saturated heterocycles. The molecule has 16 heavy (non-hydrogen) atoms. The predicted molar refractivity (Wildman–Crippen MR) is 63.8 cm³/mol. The number of hydrogen-bond donors (Lipinski definition) is 1. The number of aryl methyl sites for hydroxylation is 1. The van der Waals surface area contributed by atoms with Gasteiger partial charge in [-0.2, -0.15) is 0 Å². The van der Waals surface area contributed by atoms with Crippen LogP contribution in [0.3, 0.4) is 0 Å². The van der Waals surface area contributed by atoms with Crippen molar-refractivity contribution in [2.45, 2.75) is 13.0 Å². The summed E-state index contributed by atoms with van der Waals surface area (Å²) in [5, 5.41) is 3.26. The number of amides is 1. The first-order chi connectivity index (χ1) is 7.18. The van der Waals surface area contributed by atoms with Gasteiger partial charge in [0, 0.05) is 38.9 Å². The summed E-state index contributed by atoms with van der Waals surface area (Å²) in [5.41, 5.74) is 0.534. The maximum absolute atomic E-state index is 12.0. The van der Waals surface area contributed by atoms with Crippen molar-refractivity contribution in [1.82, 2.24) is 19.8 Å². The number of rotatable bonds is 1. The van der Waals surface area contributed by atoms with E-state index in [1.165, 1.54) is 0 Å². The summed E-state index contributed by atoms with van der Waals surface area (Å²) in [6.45, 7) is 4.53. The summed E-state index contributed by atoms with van der Waals surface area (Å²) in [7, 11) is 1.87. The molecule has 1 aromatic heterocycles. The van der Waals surface area contributed by atoms with Gasteiger partial charge < -0.3 is 14.8 Å². The molecule has 1 aliphatic heterocycles. The van der Waals surface area contributed by atoms with Gasteiger partial charge in [-0.05, 0) is 6.92 Å². The first-order valence-corrected chi connectivity index (χ1v) is 5.18. The second-order valence-electron chi connectivity index (χ2n) is 3.98. The third-order valence-corrected chi connectivity index (χ3v) is 2.69. The molecule has 2 heterocycles. The summed E-state index contributed by atoms with van der Waals surface area (Å²) >= 11 is 0. The Labute approximate surface area is 101 Å². The lowest BCUT2D eigenvalue weighted by Gasteiger charge is -2.33. The fourth-order valence-corrected chi connectivity index (χ4v) is 1.81. The average Bonchev–Trinajstić information content (AvgIpc) is 2.65. The lowest BCUT2D eigenvalue weighted by molar-refractivity contribution is 0.0650. The Bertz CT molecular complexity index is 365. The van der Waals surface area contributed by atoms with E-state index in [1.54, 1.807) is 17.1 Å². The van der Waals surface area contributed by atoms with Crippen LogP contribution in [0, 0.1) is 0 Å². The lowest BCUT2D eigenvalue weighted by atomic mass is 10.2. The topological polar surface area (TPSA) is 50.2 Å². The molecule has 5 nitrogen and oxygen atoms in total. The molecule has 0 aliphatic carbocycles. The van der Waals surface area contributed by atoms with E-state index in [-0.39, 0.29) is 24.4 Å². The van der Waals surface area contributed by atoms with Gasteiger partial charge in [-0.1, -0.05) is 0 Å². The molecular formula is C10H17ClN4O. The van der Waals surface area contributed by atoms with Gasteiger partial charge in [-0.3, -0.25) is 4.79 Å². The van der Waals surface area contributed by atoms with Crippen LogP contribution >= 0.6 is 12.4 Å². The highest BCUT2D eigenvalue weighted by Crippen LogP contribution is 2.08. The molecule has 0 saturated carbocycles. The summed E-state index contributed by atoms with van der Waals surface area (Å²) in [4.78, 5) is 18.0. The second-order valence-corrected chi connectivity index (χ2v) is 3.98. The van der Waals surface area contributed by atoms with Gasteiger partial charge in [0.2, 0.25) is 0 Å². The Morgan fingerprint density at radius 1 is 1.62 bits per heavy atom. The number of carbonyl (C=O) groups excluding carboxylic acids is 1. The lowest BCUT2D eigenvalue weighted by Crippen LogP contribution is -2.52. The molecule has 0 radical (unpaired) electrons. The van der Waals surface area contributed by atoms with Crippen LogP contribution in [0.4, 0.5) is 0 Å². The van der Waals surface area contributed by atoms with Gasteiger partial charge in [-0.15, -0.1) is 12.4 Å². The van der Waals surface area contributed by atoms with E-state index in [0.717, 1.165) is 19.6 Å². The van der Waals surface area contributed by atoms with Gasteiger partial charge in [0.05, 0.1) is 6.33 Å². The molecule has 1 fully saturated rings. The van der Waals surface area contributed by atoms with E-state index in [2.05, 4.69) is 10.3 Å². The van der Waals surface area contributed by atoms with Crippen molar-refractivity contribution in [3.8, 4) is 0 Å². The fraction of sp³-hybridized carbons (Fsp3) is 0.600. The molecule has 2 rings (SSSR count). The zero-order valence-electron chi connectivity index (χ0n) is 9.51. The van der Waals surface area contributed by atoms with Crippen LogP contribution in [0.2, 0.25) is 0 Å². The zero-order valence-corrected chi connectivity index (χ0v) is 10.3. The number of piperazine rings is 1. The molecule has 90 valence electrons. The highest BCUT2D eigenvalue weighted by atomic mass is 35.5. The van der Waals surface area contributed by atoms with E-state index in [9.17, 15) is 4.79 Å². The van der Waals surface area contributed by atoms with Crippen LogP contribution in [0.1, 0.15) is 17.4 Å². The predicted octanol–water partition coefficient (Wildman–Crippen LogP) is 0.276. The summed E-state index contributed by atoms with van der Waals surface area (Å²) < 4.78 is 1.79. The van der Waals surface area contributed by atoms with E-state index >= 15 is 0 Å². The standard InChI is InChI=1S/C10H16N4O.ClH/c1-8-5-11-3-4-14(8)10(15)9-6-13(2)7-12-9;/h6-8,11H,3-5H2,1-2H3;1H. The van der Waals surface area contributed by atoms with Crippen LogP contribution in [-0.4, -0.2) is 46.0 Å². The van der Waals surface area contributed by atoms with Crippen LogP contribution < -0.4 is 5.32 Å². The Morgan fingerprint density at radius 3 is 2.94 bits per heavy atom. The Balaban J connectivity index is 0.00000128. The highest BCUT2D eigenvalue weighted by molar-refractivity contribution is 5.92. The number of halogens is 1. The normalized spacial score (nSPS) is 20.4. The fourth-order valence-electron chi connectivity index (χ4n) is 1.81. The van der Waals surface area contributed by atoms with E-state index in [4.69, 9.17) is 0 Å². The Hall–Kier alpha value is -1.07. The van der Waals surface area contributed by atoms with Gasteiger partial charge in [0.15, 0.2) is 0 Å². The Kier molecular flexibility index (Phi) is 4.32. The molecule has 1 aromatic rings. The molecule has 1 unspecified atom stereocenters. The summed E-state index contributed by atoms with van der Waals surface area (Å²) in [5.74, 6) is 0.0320. The van der Waals surface area contributed by atoms with Crippen molar-refractivity contribution in [2.24, 2.45) is 7.05 Å². The van der Waals surface area contributed by atoms with Crippen molar-refractivity contribution in [3.63, 3.8) is 0 Å². The Morgan fingerprint density at radius 2 is 2.38 bits per heavy atom. The molecule has 1 amide bonds. The largest absolute Gasteiger partial charge is 0.340 e. The third-order valence-electron chi connectivity index (χ3n) is 2.69. The number of aromatic nitrogens is 2. The van der Waals surface area contributed by atoms with Gasteiger partial charge >= 0.3 is 0 Å². The van der Waals surface area contributed by atoms with Crippen LogP contribution in [-0.2, 0) is 7.05 Å². The molecule has 1 N–H and O–H groups in total. The number of carbonyl (C=O) groups is 1. The van der Waals surface area contributed by atoms with Crippen molar-refractivity contribution >= 4 is 18.3 Å². The summed E-state index contributed by atoms with van der Waals surface area (Å²) in [6, 6.07) is 0.244. The zero-order chi connectivity index (χ0) is 10.8. The minimum absolute atomic E-state index is 0. The molecule has 6 heteroatoms. The van der Waals surface area contributed by atoms with Crippen LogP contribution in [0.25, 0.3) is 0 Å². The maximum atomic E-state index is 12.0. The third kappa shape index (κ3) is 2.54. The van der Waals surface area contributed by atoms with Crippen molar-refractivity contribution < 1.29 is 4.79 Å². The number of hydrogen-bond acceptors (Lipinski definition) is 3. The van der Waals surface area contributed by atoms with Crippen molar-refractivity contribution in [1.29, 1.82) is 0 Å². The smallest absolute Gasteiger partial charge is 0.274 e. The van der Waals surface area contributed by atoms with Gasteiger partial charge in [-0.25, -0.2) is 4.98 Å². The second kappa shape index (κ2) is 5.32. The summed E-state index contributed by atoms with van der Waals surface area (Å²) in [6.07, 6.45) is 3.41. The van der Waals surface area contributed by atoms with E-state index in [1.807, 2.05) is 18.9 Å². The molecule has 1 atom stereocenters. The van der Waals surface area contributed by atoms with E-state index < -0.39 is 0 Å². The van der Waals surface area contributed by atoms with Gasteiger partial charge in [0.25, 0.3) is 5.91 Å². The quantitative estimate of drug-likeness (QED) is 0.772. The van der Waals surface area contributed by atoms with Crippen LogP contribution in [0.5, 0.6) is 0 Å².